The Morgan fingerprint density at radius 3 is 1.53 bits per heavy atom. The number of ether oxygens (including phenoxy) is 2. The first-order valence-corrected chi connectivity index (χ1v) is 52.9. The number of H-pyrrole nitrogens is 1. The number of nitrogens with zero attached hydrogens (tertiary/aromatic N) is 7. The number of hydrogen-bond acceptors (Lipinski definition) is 11. The van der Waals surface area contributed by atoms with Gasteiger partial charge in [0.2, 0.25) is 0 Å². The van der Waals surface area contributed by atoms with Gasteiger partial charge in [0.1, 0.15) is 34.9 Å². The van der Waals surface area contributed by atoms with Gasteiger partial charge in [-0.3, -0.25) is 5.10 Å². The normalized spacial score (nSPS) is 16.5. The van der Waals surface area contributed by atoms with E-state index in [1.165, 1.54) is 110 Å². The Hall–Kier alpha value is -9.08. The van der Waals surface area contributed by atoms with Gasteiger partial charge in [-0.05, 0) is 341 Å². The second-order valence-electron chi connectivity index (χ2n) is 49.1. The number of aliphatic hydroxyl groups excluding tert-OH is 1. The van der Waals surface area contributed by atoms with Gasteiger partial charge in [-0.25, -0.2) is 13.8 Å². The molecule has 15 rings (SSSR count). The van der Waals surface area contributed by atoms with Gasteiger partial charge >= 0.3 is 6.18 Å². The number of aromatic nitrogens is 4. The second-order valence-corrected chi connectivity index (χ2v) is 49.6. The molecule has 144 heavy (non-hydrogen) atoms. The molecule has 790 valence electrons. The average Bonchev–Trinajstić information content (AvgIpc) is 1.41. The van der Waals surface area contributed by atoms with Crippen LogP contribution in [-0.2, 0) is 56.0 Å². The van der Waals surface area contributed by atoms with Crippen LogP contribution in [0.3, 0.4) is 0 Å². The van der Waals surface area contributed by atoms with Crippen molar-refractivity contribution >= 4 is 22.5 Å². The summed E-state index contributed by atoms with van der Waals surface area (Å²) in [5.74, 6) is 1.89. The summed E-state index contributed by atoms with van der Waals surface area (Å²) in [5.41, 5.74) is 24.4. The van der Waals surface area contributed by atoms with Crippen molar-refractivity contribution in [1.82, 2.24) is 50.0 Å². The van der Waals surface area contributed by atoms with Crippen LogP contribution in [-0.4, -0.2) is 151 Å². The maximum atomic E-state index is 13.4. The number of benzene rings is 9. The zero-order valence-corrected chi connectivity index (χ0v) is 95.1. The molecule has 4 aliphatic rings. The molecule has 4 aliphatic heterocycles. The number of hydrogen-bond donors (Lipinski definition) is 4. The maximum absolute atomic E-state index is 13.4. The van der Waals surface area contributed by atoms with E-state index >= 15 is 0 Å². The van der Waals surface area contributed by atoms with Crippen LogP contribution in [0.4, 0.5) is 22.0 Å². The summed E-state index contributed by atoms with van der Waals surface area (Å²) in [6, 6.07) is 56.1. The van der Waals surface area contributed by atoms with Crippen LogP contribution in [0.2, 0.25) is 5.02 Å². The molecular formula is C125H180ClF5N10O3. The number of likely N-dealkylation sites (tertiary alicyclic amines) is 2. The van der Waals surface area contributed by atoms with E-state index in [-0.39, 0.29) is 67.2 Å². The third-order valence-electron chi connectivity index (χ3n) is 27.2. The van der Waals surface area contributed by atoms with Crippen molar-refractivity contribution in [2.45, 2.75) is 345 Å². The number of nitrogens with one attached hydrogen (secondary N) is 3. The van der Waals surface area contributed by atoms with E-state index in [0.29, 0.717) is 24.5 Å². The number of alkyl halides is 3. The predicted octanol–water partition coefficient (Wildman–Crippen LogP) is 31.1. The average molecular weight is 2000 g/mol. The van der Waals surface area contributed by atoms with Gasteiger partial charge < -0.3 is 49.4 Å². The Balaban J connectivity index is 0.000000201. The topological polar surface area (TPSA) is 122 Å². The molecule has 13 nitrogen and oxygen atoms in total. The van der Waals surface area contributed by atoms with Crippen LogP contribution in [0.5, 0.6) is 11.5 Å². The lowest BCUT2D eigenvalue weighted by Crippen LogP contribution is -2.36. The number of β-amino-alcohol motifs (C(OH)–C–C–N with tert-alkyl or cyclic N) is 1. The number of halogens is 6. The summed E-state index contributed by atoms with van der Waals surface area (Å²) in [4.78, 5) is 13.1. The number of aliphatic hydroxyl groups is 1. The summed E-state index contributed by atoms with van der Waals surface area (Å²) in [6.07, 6.45) is 11.2. The van der Waals surface area contributed by atoms with Crippen LogP contribution in [0, 0.1) is 39.3 Å². The number of para-hydroxylation sites is 1. The molecule has 3 atom stereocenters. The van der Waals surface area contributed by atoms with Crippen LogP contribution >= 0.6 is 11.6 Å². The number of aryl methyl sites for hydroxylation is 4. The quantitative estimate of drug-likeness (QED) is 0.0546. The van der Waals surface area contributed by atoms with Gasteiger partial charge in [-0.2, -0.15) is 18.3 Å². The lowest BCUT2D eigenvalue weighted by atomic mass is 9.77. The fourth-order valence-corrected chi connectivity index (χ4v) is 19.4. The third kappa shape index (κ3) is 37.0. The fraction of sp³-hybridized carbons (Fsp3) is 0.536. The summed E-state index contributed by atoms with van der Waals surface area (Å²) >= 11 is 6.20. The van der Waals surface area contributed by atoms with Crippen molar-refractivity contribution in [3.63, 3.8) is 0 Å². The minimum atomic E-state index is -4.27. The molecule has 0 amide bonds. The third-order valence-corrected chi connectivity index (χ3v) is 27.5. The van der Waals surface area contributed by atoms with Gasteiger partial charge in [0.15, 0.2) is 0 Å². The van der Waals surface area contributed by atoms with E-state index in [9.17, 15) is 27.1 Å². The first-order valence-electron chi connectivity index (χ1n) is 52.5. The molecule has 9 aromatic carbocycles. The molecule has 19 heteroatoms. The van der Waals surface area contributed by atoms with Crippen molar-refractivity contribution in [2.75, 3.05) is 94.2 Å². The molecule has 6 heterocycles. The summed E-state index contributed by atoms with van der Waals surface area (Å²) in [7, 11) is 10.5. The zero-order valence-electron chi connectivity index (χ0n) is 94.4. The van der Waals surface area contributed by atoms with Crippen molar-refractivity contribution in [3.05, 3.63) is 300 Å². The highest BCUT2D eigenvalue weighted by molar-refractivity contribution is 6.31. The SMILES string of the molecule is CC(C)(C)c1ccc(Cl)cc1-c1n[nH]c2ccccc12.CCCN(C)Cc1cc(F)ccc1C(C)(C)C.CN1CCC(Oc2ccc(F)cc2C(C)(C)C)CC1.CN1CCC(c2ccc(C(F)(F)F)cc2C(C)(C)C)CC1.Cc1cc(C(C)(C)C)ccc1OCCCN(C)C.Cc1ccc(C(C)(C)C)c(-n2ccnc2)c1.Cc1ccc(C(C)(C)C)c(C2CC(O)CN2)c1.Cc1ccc(C(C)(C)C)c(C2CCCN2)c1. The Bertz CT molecular complexity index is 5800. The number of piperidine rings is 2. The standard InChI is InChI=1S/C17H17ClN2.C17H24F3N.C16H24FNO.C16H27NO.C15H24FN.C15H23NO.C15H23N.C14H18N2/c1-17(2,3)14-9-8-11(18)10-13(14)16-12-6-4-5-7-15(12)19-20-16;1-16(2,3)15-11-13(17(18,19)20)5-6-14(15)12-7-9-21(4)10-8-12;1-16(2,3)14-11-12(17)5-6-15(14)19-13-7-9-18(4)10-8-13;1-13-12-14(16(2,3)4)8-9-15(13)18-11-7-10-17(5)6;1-6-9-17(5)11-12-10-13(16)7-8-14(12)15(2,3)4;1-10-5-6-13(15(2,3)4)12(7-10)14-8-11(17)9-16-14;1-11-7-8-13(15(2,3)4)12(10-11)14-6-5-9-16-14;1-11-5-6-12(14(2,3)4)13(9-11)16-8-7-15-10-16/h4-10H,1-3H3,(H,19,20);5-6,11-12H,7-10H2,1-4H3;5-6,11,13H,7-10H2,1-4H3;8-9,12H,7,10-11H2,1-6H3;7-8,10H,6,9,11H2,1-5H3;5-7,11,14,16-17H,8-9H2,1-4H3;7-8,10,14,16H,5-6,9H2,1-4H3;5-10H,1-4H3. The van der Waals surface area contributed by atoms with Gasteiger partial charge in [0.25, 0.3) is 0 Å². The van der Waals surface area contributed by atoms with Gasteiger partial charge in [0.05, 0.1) is 35.8 Å². The van der Waals surface area contributed by atoms with E-state index in [1.54, 1.807) is 30.3 Å². The first kappa shape index (κ1) is 120. The van der Waals surface area contributed by atoms with Crippen LogP contribution < -0.4 is 20.1 Å². The Kier molecular flexibility index (Phi) is 43.5. The molecule has 4 fully saturated rings. The Morgan fingerprint density at radius 1 is 0.493 bits per heavy atom. The van der Waals surface area contributed by atoms with E-state index in [1.807, 2.05) is 75.9 Å². The minimum Gasteiger partial charge on any atom is -0.493 e. The predicted molar refractivity (Wildman–Crippen MR) is 599 cm³/mol. The van der Waals surface area contributed by atoms with Crippen molar-refractivity contribution in [2.24, 2.45) is 0 Å². The van der Waals surface area contributed by atoms with Crippen molar-refractivity contribution in [1.29, 1.82) is 0 Å². The molecule has 0 bridgehead atoms. The molecule has 2 aromatic heterocycles. The maximum Gasteiger partial charge on any atom is 0.416 e. The highest BCUT2D eigenvalue weighted by Gasteiger charge is 2.36. The number of rotatable bonds is 16. The highest BCUT2D eigenvalue weighted by Crippen LogP contribution is 2.44. The molecule has 0 radical (unpaired) electrons. The number of fused-ring (bicyclic) bond motifs is 1. The fourth-order valence-electron chi connectivity index (χ4n) is 19.2. The van der Waals surface area contributed by atoms with Crippen molar-refractivity contribution < 1.29 is 36.5 Å². The molecule has 0 spiro atoms. The second kappa shape index (κ2) is 52.2. The molecular weight excluding hydrogens is 1820 g/mol. The minimum absolute atomic E-state index is 0.0416. The highest BCUT2D eigenvalue weighted by atomic mass is 35.5. The van der Waals surface area contributed by atoms with E-state index < -0.39 is 11.7 Å². The van der Waals surface area contributed by atoms with Crippen LogP contribution in [0.25, 0.3) is 27.8 Å². The molecule has 0 aliphatic carbocycles. The molecule has 11 aromatic rings. The van der Waals surface area contributed by atoms with Crippen molar-refractivity contribution in [3.8, 4) is 28.4 Å². The van der Waals surface area contributed by atoms with Gasteiger partial charge in [-0.15, -0.1) is 0 Å². The number of imidazole rings is 1. The smallest absolute Gasteiger partial charge is 0.416 e. The van der Waals surface area contributed by atoms with Crippen LogP contribution in [0.15, 0.2) is 189 Å². The zero-order chi connectivity index (χ0) is 107. The monoisotopic (exact) mass is 2000 g/mol. The Labute approximate surface area is 870 Å². The summed E-state index contributed by atoms with van der Waals surface area (Å²) < 4.78 is 79.7. The van der Waals surface area contributed by atoms with Gasteiger partial charge in [-0.1, -0.05) is 293 Å². The molecule has 4 saturated heterocycles. The lowest BCUT2D eigenvalue weighted by molar-refractivity contribution is -0.137. The first-order chi connectivity index (χ1) is 66.9. The van der Waals surface area contributed by atoms with E-state index in [2.05, 4.69) is 350 Å². The van der Waals surface area contributed by atoms with E-state index in [4.69, 9.17) is 21.1 Å². The largest absolute Gasteiger partial charge is 0.493 e. The van der Waals surface area contributed by atoms with E-state index in [0.717, 1.165) is 158 Å². The molecule has 0 saturated carbocycles. The number of aromatic amines is 1. The summed E-state index contributed by atoms with van der Waals surface area (Å²) in [5, 5.41) is 26.1. The molecule has 4 N–H and O–H groups in total. The lowest BCUT2D eigenvalue weighted by Gasteiger charge is -2.33. The molecule has 3 unspecified atom stereocenters. The Morgan fingerprint density at radius 2 is 1.01 bits per heavy atom. The van der Waals surface area contributed by atoms with Gasteiger partial charge in [0, 0.05) is 78.7 Å². The summed E-state index contributed by atoms with van der Waals surface area (Å²) in [6.45, 7) is 72.8. The van der Waals surface area contributed by atoms with Crippen LogP contribution in [0.1, 0.15) is 343 Å².